The molecule has 0 saturated carbocycles. The molecule has 1 aliphatic rings. The first-order chi connectivity index (χ1) is 8.63. The summed E-state index contributed by atoms with van der Waals surface area (Å²) >= 11 is 1.54. The second kappa shape index (κ2) is 3.96. The van der Waals surface area contributed by atoms with Crippen molar-refractivity contribution in [3.05, 3.63) is 42.0 Å². The standard InChI is InChI=1S/C13H10N2O2S/c14-8-2-4-11-10(6-8)15-9-3-1-7(13(16)17)5-12(9)18-11/h1-6,15H,14H2,(H,16,17). The molecular weight excluding hydrogens is 248 g/mol. The third-order valence-electron chi connectivity index (χ3n) is 2.72. The third-order valence-corrected chi connectivity index (χ3v) is 3.86. The average molecular weight is 258 g/mol. The minimum absolute atomic E-state index is 0.293. The zero-order valence-corrected chi connectivity index (χ0v) is 10.1. The lowest BCUT2D eigenvalue weighted by Crippen LogP contribution is -2.03. The van der Waals surface area contributed by atoms with Crippen LogP contribution in [-0.2, 0) is 0 Å². The number of nitrogens with two attached hydrogens (primary N) is 1. The zero-order valence-electron chi connectivity index (χ0n) is 9.31. The molecule has 0 aromatic heterocycles. The van der Waals surface area contributed by atoms with Gasteiger partial charge in [-0.2, -0.15) is 0 Å². The Morgan fingerprint density at radius 3 is 2.72 bits per heavy atom. The number of nitrogen functional groups attached to an aromatic ring is 1. The molecule has 0 aliphatic carbocycles. The van der Waals surface area contributed by atoms with Gasteiger partial charge in [-0.1, -0.05) is 11.8 Å². The van der Waals surface area contributed by atoms with E-state index < -0.39 is 5.97 Å². The van der Waals surface area contributed by atoms with Gasteiger partial charge in [0.1, 0.15) is 0 Å². The van der Waals surface area contributed by atoms with Crippen LogP contribution in [0.2, 0.25) is 0 Å². The van der Waals surface area contributed by atoms with Crippen LogP contribution in [0.15, 0.2) is 46.2 Å². The first-order valence-corrected chi connectivity index (χ1v) is 6.17. The van der Waals surface area contributed by atoms with Gasteiger partial charge in [0.05, 0.1) is 16.9 Å². The highest BCUT2D eigenvalue weighted by Crippen LogP contribution is 2.44. The largest absolute Gasteiger partial charge is 0.478 e. The van der Waals surface area contributed by atoms with Gasteiger partial charge in [0, 0.05) is 15.5 Å². The van der Waals surface area contributed by atoms with Gasteiger partial charge in [-0.3, -0.25) is 0 Å². The molecule has 0 radical (unpaired) electrons. The molecule has 1 aliphatic heterocycles. The molecule has 18 heavy (non-hydrogen) atoms. The molecule has 4 N–H and O–H groups in total. The van der Waals surface area contributed by atoms with E-state index >= 15 is 0 Å². The van der Waals surface area contributed by atoms with Crippen molar-refractivity contribution in [3.8, 4) is 0 Å². The van der Waals surface area contributed by atoms with E-state index in [1.54, 1.807) is 30.0 Å². The second-order valence-corrected chi connectivity index (χ2v) is 5.08. The predicted octanol–water partition coefficient (Wildman–Crippen LogP) is 3.18. The Morgan fingerprint density at radius 2 is 1.94 bits per heavy atom. The normalized spacial score (nSPS) is 12.2. The minimum atomic E-state index is -0.915. The van der Waals surface area contributed by atoms with Crippen molar-refractivity contribution in [2.24, 2.45) is 0 Å². The van der Waals surface area contributed by atoms with Gasteiger partial charge in [-0.25, -0.2) is 4.79 Å². The van der Waals surface area contributed by atoms with Crippen LogP contribution < -0.4 is 11.1 Å². The Bertz CT molecular complexity index is 655. The Hall–Kier alpha value is -2.14. The highest BCUT2D eigenvalue weighted by atomic mass is 32.2. The number of hydrogen-bond donors (Lipinski definition) is 3. The lowest BCUT2D eigenvalue weighted by Gasteiger charge is -2.21. The maximum Gasteiger partial charge on any atom is 0.335 e. The molecule has 0 unspecified atom stereocenters. The molecule has 0 spiro atoms. The van der Waals surface area contributed by atoms with E-state index in [2.05, 4.69) is 5.32 Å². The summed E-state index contributed by atoms with van der Waals surface area (Å²) in [6.07, 6.45) is 0. The monoisotopic (exact) mass is 258 g/mol. The highest BCUT2D eigenvalue weighted by Gasteiger charge is 2.17. The van der Waals surface area contributed by atoms with Crippen molar-refractivity contribution in [2.45, 2.75) is 9.79 Å². The molecule has 0 atom stereocenters. The molecule has 90 valence electrons. The molecule has 1 heterocycles. The van der Waals surface area contributed by atoms with Crippen molar-refractivity contribution in [3.63, 3.8) is 0 Å². The second-order valence-electron chi connectivity index (χ2n) is 4.00. The van der Waals surface area contributed by atoms with Gasteiger partial charge in [0.2, 0.25) is 0 Å². The number of aromatic carboxylic acids is 1. The summed E-state index contributed by atoms with van der Waals surface area (Å²) in [7, 11) is 0. The molecule has 2 aromatic rings. The smallest absolute Gasteiger partial charge is 0.335 e. The van der Waals surface area contributed by atoms with Gasteiger partial charge in [0.15, 0.2) is 0 Å². The number of hydrogen-bond acceptors (Lipinski definition) is 4. The topological polar surface area (TPSA) is 75.3 Å². The fourth-order valence-corrected chi connectivity index (χ4v) is 2.85. The van der Waals surface area contributed by atoms with Crippen LogP contribution in [0.5, 0.6) is 0 Å². The van der Waals surface area contributed by atoms with Crippen LogP contribution in [0.4, 0.5) is 17.1 Å². The number of carboxylic acid groups (broad SMARTS) is 1. The zero-order chi connectivity index (χ0) is 12.7. The van der Waals surface area contributed by atoms with Gasteiger partial charge in [0.25, 0.3) is 0 Å². The van der Waals surface area contributed by atoms with Gasteiger partial charge >= 0.3 is 5.97 Å². The molecule has 0 amide bonds. The van der Waals surface area contributed by atoms with Gasteiger partial charge in [-0.15, -0.1) is 0 Å². The third kappa shape index (κ3) is 1.78. The maximum atomic E-state index is 10.9. The fourth-order valence-electron chi connectivity index (χ4n) is 1.84. The molecule has 0 saturated heterocycles. The van der Waals surface area contributed by atoms with Crippen molar-refractivity contribution >= 4 is 34.8 Å². The number of rotatable bonds is 1. The lowest BCUT2D eigenvalue weighted by atomic mass is 10.2. The van der Waals surface area contributed by atoms with E-state index in [0.29, 0.717) is 11.3 Å². The summed E-state index contributed by atoms with van der Waals surface area (Å²) in [6, 6.07) is 10.7. The van der Waals surface area contributed by atoms with Crippen molar-refractivity contribution in [2.75, 3.05) is 11.1 Å². The molecule has 0 bridgehead atoms. The van der Waals surface area contributed by atoms with Crippen LogP contribution in [0.1, 0.15) is 10.4 Å². The Labute approximate surface area is 108 Å². The number of anilines is 3. The van der Waals surface area contributed by atoms with Crippen LogP contribution in [0.3, 0.4) is 0 Å². The number of fused-ring (bicyclic) bond motifs is 2. The Morgan fingerprint density at radius 1 is 1.11 bits per heavy atom. The minimum Gasteiger partial charge on any atom is -0.478 e. The summed E-state index contributed by atoms with van der Waals surface area (Å²) < 4.78 is 0. The molecule has 0 fully saturated rings. The van der Waals surface area contributed by atoms with E-state index in [0.717, 1.165) is 21.2 Å². The summed E-state index contributed by atoms with van der Waals surface area (Å²) in [5.74, 6) is -0.915. The fraction of sp³-hybridized carbons (Fsp3) is 0. The van der Waals surface area contributed by atoms with Crippen LogP contribution in [0, 0.1) is 0 Å². The number of benzene rings is 2. The number of carboxylic acids is 1. The number of nitrogens with one attached hydrogen (secondary N) is 1. The lowest BCUT2D eigenvalue weighted by molar-refractivity contribution is 0.0696. The molecule has 5 heteroatoms. The first kappa shape index (κ1) is 11.0. The number of carbonyl (C=O) groups is 1. The van der Waals surface area contributed by atoms with E-state index in [1.165, 1.54) is 0 Å². The van der Waals surface area contributed by atoms with Crippen LogP contribution in [-0.4, -0.2) is 11.1 Å². The van der Waals surface area contributed by atoms with E-state index in [-0.39, 0.29) is 0 Å². The first-order valence-electron chi connectivity index (χ1n) is 5.35. The predicted molar refractivity (Wildman–Crippen MR) is 71.7 cm³/mol. The summed E-state index contributed by atoms with van der Waals surface area (Å²) in [5, 5.41) is 12.2. The molecular formula is C13H10N2O2S. The maximum absolute atomic E-state index is 10.9. The molecule has 2 aromatic carbocycles. The summed E-state index contributed by atoms with van der Waals surface area (Å²) in [5.41, 5.74) is 8.59. The SMILES string of the molecule is Nc1ccc2c(c1)Nc1ccc(C(=O)O)cc1S2. The van der Waals surface area contributed by atoms with Crippen molar-refractivity contribution in [1.29, 1.82) is 0 Å². The van der Waals surface area contributed by atoms with E-state index in [4.69, 9.17) is 10.8 Å². The molecule has 4 nitrogen and oxygen atoms in total. The van der Waals surface area contributed by atoms with E-state index in [1.807, 2.05) is 18.2 Å². The van der Waals surface area contributed by atoms with E-state index in [9.17, 15) is 4.79 Å². The van der Waals surface area contributed by atoms with Crippen LogP contribution >= 0.6 is 11.8 Å². The Kier molecular flexibility index (Phi) is 2.41. The van der Waals surface area contributed by atoms with Gasteiger partial charge < -0.3 is 16.2 Å². The van der Waals surface area contributed by atoms with Crippen LogP contribution in [0.25, 0.3) is 0 Å². The van der Waals surface area contributed by atoms with Crippen molar-refractivity contribution < 1.29 is 9.90 Å². The Balaban J connectivity index is 2.05. The van der Waals surface area contributed by atoms with Crippen molar-refractivity contribution in [1.82, 2.24) is 0 Å². The van der Waals surface area contributed by atoms with Gasteiger partial charge in [-0.05, 0) is 36.4 Å². The summed E-state index contributed by atoms with van der Waals surface area (Å²) in [4.78, 5) is 12.9. The molecule has 3 rings (SSSR count). The quantitative estimate of drug-likeness (QED) is 0.584. The average Bonchev–Trinajstić information content (AvgIpc) is 2.35. The highest BCUT2D eigenvalue weighted by molar-refractivity contribution is 7.99. The summed E-state index contributed by atoms with van der Waals surface area (Å²) in [6.45, 7) is 0.